The molecule has 1 aromatic carbocycles. The van der Waals surface area contributed by atoms with Crippen LogP contribution in [-0.2, 0) is 6.42 Å². The number of aromatic amines is 1. The molecule has 1 heterocycles. The molecule has 0 aliphatic carbocycles. The van der Waals surface area contributed by atoms with Gasteiger partial charge in [-0.05, 0) is 24.1 Å². The van der Waals surface area contributed by atoms with Gasteiger partial charge in [-0.3, -0.25) is 9.59 Å². The summed E-state index contributed by atoms with van der Waals surface area (Å²) in [6.07, 6.45) is 1.86. The van der Waals surface area contributed by atoms with Crippen LogP contribution in [-0.4, -0.2) is 40.4 Å². The zero-order valence-corrected chi connectivity index (χ0v) is 13.7. The Kier molecular flexibility index (Phi) is 6.26. The molecule has 5 N–H and O–H groups in total. The third-order valence-corrected chi connectivity index (χ3v) is 3.66. The molecular formula is C17H20FN3O4. The van der Waals surface area contributed by atoms with Crippen molar-refractivity contribution in [2.75, 3.05) is 18.5 Å². The average molecular weight is 349 g/mol. The van der Waals surface area contributed by atoms with Gasteiger partial charge >= 0.3 is 0 Å². The maximum atomic E-state index is 14.2. The van der Waals surface area contributed by atoms with Crippen LogP contribution in [0, 0.1) is 5.82 Å². The maximum Gasteiger partial charge on any atom is 0.255 e. The fourth-order valence-electron chi connectivity index (χ4n) is 2.20. The molecule has 2 aromatic rings. The minimum absolute atomic E-state index is 0.0467. The van der Waals surface area contributed by atoms with E-state index >= 15 is 0 Å². The zero-order valence-electron chi connectivity index (χ0n) is 13.7. The molecule has 134 valence electrons. The number of benzene rings is 1. The first kappa shape index (κ1) is 18.6. The van der Waals surface area contributed by atoms with Crippen LogP contribution in [0.5, 0.6) is 0 Å². The molecule has 0 spiro atoms. The van der Waals surface area contributed by atoms with Gasteiger partial charge in [0, 0.05) is 12.3 Å². The summed E-state index contributed by atoms with van der Waals surface area (Å²) in [5.74, 6) is -1.13. The molecule has 7 nitrogen and oxygen atoms in total. The lowest BCUT2D eigenvalue weighted by Gasteiger charge is -2.16. The van der Waals surface area contributed by atoms with Crippen molar-refractivity contribution in [1.82, 2.24) is 10.3 Å². The summed E-state index contributed by atoms with van der Waals surface area (Å²) >= 11 is 0. The first-order chi connectivity index (χ1) is 12.0. The van der Waals surface area contributed by atoms with Crippen LogP contribution in [0.4, 0.5) is 15.8 Å². The molecule has 8 heteroatoms. The molecule has 0 aliphatic rings. The fourth-order valence-corrected chi connectivity index (χ4v) is 2.20. The van der Waals surface area contributed by atoms with Gasteiger partial charge in [0.15, 0.2) is 0 Å². The standard InChI is InChI=1S/C17H20FN3O4/c1-2-10-3-4-14(13(18)5-10)21-15-6-16(24)19-7-12(15)17(25)20-11(8-22)9-23/h3-7,11,22-23H,2,8-9H2,1H3,(H,20,25)(H2,19,21,24). The smallest absolute Gasteiger partial charge is 0.255 e. The third-order valence-electron chi connectivity index (χ3n) is 3.66. The molecule has 0 aliphatic heterocycles. The molecule has 0 unspecified atom stereocenters. The Morgan fingerprint density at radius 2 is 1.96 bits per heavy atom. The predicted octanol–water partition coefficient (Wildman–Crippen LogP) is 0.903. The van der Waals surface area contributed by atoms with Crippen LogP contribution in [0.3, 0.4) is 0 Å². The monoisotopic (exact) mass is 349 g/mol. The number of nitrogens with one attached hydrogen (secondary N) is 3. The summed E-state index contributed by atoms with van der Waals surface area (Å²) < 4.78 is 14.2. The number of aliphatic hydroxyl groups is 2. The van der Waals surface area contributed by atoms with Gasteiger partial charge < -0.3 is 25.8 Å². The molecule has 1 aromatic heterocycles. The second-order valence-electron chi connectivity index (χ2n) is 5.45. The Morgan fingerprint density at radius 3 is 2.56 bits per heavy atom. The van der Waals surface area contributed by atoms with Gasteiger partial charge in [-0.2, -0.15) is 0 Å². The summed E-state index contributed by atoms with van der Waals surface area (Å²) in [6.45, 7) is 1.02. The van der Waals surface area contributed by atoms with E-state index in [0.717, 1.165) is 11.6 Å². The lowest BCUT2D eigenvalue weighted by atomic mass is 10.1. The van der Waals surface area contributed by atoms with Gasteiger partial charge in [-0.25, -0.2) is 4.39 Å². The maximum absolute atomic E-state index is 14.2. The van der Waals surface area contributed by atoms with E-state index in [4.69, 9.17) is 10.2 Å². The van der Waals surface area contributed by atoms with Gasteiger partial charge in [0.05, 0.1) is 36.2 Å². The van der Waals surface area contributed by atoms with Crippen molar-refractivity contribution in [3.8, 4) is 0 Å². The topological polar surface area (TPSA) is 114 Å². The van der Waals surface area contributed by atoms with Crippen LogP contribution in [0.25, 0.3) is 0 Å². The number of aliphatic hydroxyl groups excluding tert-OH is 2. The second-order valence-corrected chi connectivity index (χ2v) is 5.45. The zero-order chi connectivity index (χ0) is 18.4. The Morgan fingerprint density at radius 1 is 1.24 bits per heavy atom. The van der Waals surface area contributed by atoms with Gasteiger partial charge in [0.1, 0.15) is 5.82 Å². The van der Waals surface area contributed by atoms with E-state index in [2.05, 4.69) is 15.6 Å². The molecule has 1 amide bonds. The number of hydrogen-bond donors (Lipinski definition) is 5. The van der Waals surface area contributed by atoms with E-state index in [9.17, 15) is 14.0 Å². The number of aromatic nitrogens is 1. The van der Waals surface area contributed by atoms with Crippen molar-refractivity contribution in [2.24, 2.45) is 0 Å². The molecule has 2 rings (SSSR count). The van der Waals surface area contributed by atoms with Crippen LogP contribution >= 0.6 is 0 Å². The Labute approximate surface area is 143 Å². The van der Waals surface area contributed by atoms with E-state index in [1.807, 2.05) is 6.92 Å². The van der Waals surface area contributed by atoms with Crippen LogP contribution < -0.4 is 16.2 Å². The lowest BCUT2D eigenvalue weighted by Crippen LogP contribution is -2.40. The highest BCUT2D eigenvalue weighted by Crippen LogP contribution is 2.23. The van der Waals surface area contributed by atoms with Crippen LogP contribution in [0.2, 0.25) is 0 Å². The quantitative estimate of drug-likeness (QED) is 0.510. The summed E-state index contributed by atoms with van der Waals surface area (Å²) in [6, 6.07) is 4.94. The van der Waals surface area contributed by atoms with Crippen molar-refractivity contribution in [3.63, 3.8) is 0 Å². The van der Waals surface area contributed by atoms with E-state index < -0.39 is 36.5 Å². The first-order valence-electron chi connectivity index (χ1n) is 7.79. The predicted molar refractivity (Wildman–Crippen MR) is 91.5 cm³/mol. The largest absolute Gasteiger partial charge is 0.394 e. The first-order valence-corrected chi connectivity index (χ1v) is 7.79. The molecule has 0 saturated heterocycles. The number of hydrogen-bond acceptors (Lipinski definition) is 5. The highest BCUT2D eigenvalue weighted by atomic mass is 19.1. The fraction of sp³-hybridized carbons (Fsp3) is 0.294. The Balaban J connectivity index is 2.33. The van der Waals surface area contributed by atoms with Crippen molar-refractivity contribution < 1.29 is 19.4 Å². The Bertz CT molecular complexity index is 803. The summed E-state index contributed by atoms with van der Waals surface area (Å²) in [5, 5.41) is 23.3. The van der Waals surface area contributed by atoms with E-state index in [-0.39, 0.29) is 16.9 Å². The summed E-state index contributed by atoms with van der Waals surface area (Å²) in [7, 11) is 0. The number of carbonyl (C=O) groups excluding carboxylic acids is 1. The molecule has 0 fully saturated rings. The number of aryl methyl sites for hydroxylation is 1. The molecule has 0 radical (unpaired) electrons. The molecule has 0 saturated carbocycles. The van der Waals surface area contributed by atoms with Crippen molar-refractivity contribution in [2.45, 2.75) is 19.4 Å². The molecule has 0 atom stereocenters. The number of H-pyrrole nitrogens is 1. The number of halogens is 1. The summed E-state index contributed by atoms with van der Waals surface area (Å²) in [4.78, 5) is 26.2. The second kappa shape index (κ2) is 8.41. The lowest BCUT2D eigenvalue weighted by molar-refractivity contribution is 0.0880. The average Bonchev–Trinajstić information content (AvgIpc) is 2.61. The minimum Gasteiger partial charge on any atom is -0.394 e. The minimum atomic E-state index is -0.840. The number of carbonyl (C=O) groups is 1. The van der Waals surface area contributed by atoms with Crippen LogP contribution in [0.15, 0.2) is 35.3 Å². The number of anilines is 2. The van der Waals surface area contributed by atoms with Crippen molar-refractivity contribution >= 4 is 17.3 Å². The summed E-state index contributed by atoms with van der Waals surface area (Å²) in [5.41, 5.74) is 0.633. The van der Waals surface area contributed by atoms with Gasteiger partial charge in [-0.15, -0.1) is 0 Å². The van der Waals surface area contributed by atoms with Gasteiger partial charge in [0.25, 0.3) is 5.91 Å². The molecule has 25 heavy (non-hydrogen) atoms. The molecule has 0 bridgehead atoms. The van der Waals surface area contributed by atoms with Crippen molar-refractivity contribution in [3.05, 3.63) is 57.8 Å². The Hall–Kier alpha value is -2.71. The van der Waals surface area contributed by atoms with E-state index in [1.165, 1.54) is 18.3 Å². The number of rotatable bonds is 7. The number of amides is 1. The van der Waals surface area contributed by atoms with Crippen molar-refractivity contribution in [1.29, 1.82) is 0 Å². The van der Waals surface area contributed by atoms with E-state index in [1.54, 1.807) is 6.07 Å². The number of pyridine rings is 1. The van der Waals surface area contributed by atoms with Gasteiger partial charge in [-0.1, -0.05) is 13.0 Å². The SMILES string of the molecule is CCc1ccc(Nc2cc(=O)[nH]cc2C(=O)NC(CO)CO)c(F)c1. The normalized spacial score (nSPS) is 10.8. The van der Waals surface area contributed by atoms with Gasteiger partial charge in [0.2, 0.25) is 5.56 Å². The molecular weight excluding hydrogens is 329 g/mol. The van der Waals surface area contributed by atoms with Crippen LogP contribution in [0.1, 0.15) is 22.8 Å². The highest BCUT2D eigenvalue weighted by Gasteiger charge is 2.17. The van der Waals surface area contributed by atoms with E-state index in [0.29, 0.717) is 6.42 Å². The third kappa shape index (κ3) is 4.65. The highest BCUT2D eigenvalue weighted by molar-refractivity contribution is 6.00.